The zero-order valence-electron chi connectivity index (χ0n) is 22.4. The van der Waals surface area contributed by atoms with Crippen LogP contribution in [-0.4, -0.2) is 16.9 Å². The van der Waals surface area contributed by atoms with Crippen molar-refractivity contribution in [1.82, 2.24) is 0 Å². The van der Waals surface area contributed by atoms with Crippen LogP contribution in [0.4, 0.5) is 0 Å². The van der Waals surface area contributed by atoms with Crippen LogP contribution in [0.5, 0.6) is 0 Å². The van der Waals surface area contributed by atoms with Crippen molar-refractivity contribution in [3.05, 3.63) is 0 Å². The minimum absolute atomic E-state index is 0.0787. The number of hydrogen-bond acceptors (Lipinski definition) is 2. The normalized spacial score (nSPS) is 55.5. The number of hydrogen-bond donors (Lipinski definition) is 1. The first-order valence-electron chi connectivity index (χ1n) is 13.9. The molecule has 0 amide bonds. The summed E-state index contributed by atoms with van der Waals surface area (Å²) in [7, 11) is 0. The van der Waals surface area contributed by atoms with Crippen molar-refractivity contribution in [2.24, 2.45) is 56.2 Å². The second-order valence-electron chi connectivity index (χ2n) is 15.1. The monoisotopic (exact) mass is 456 g/mol. The standard InChI is InChI=1S/C30H48O3/c1-19-20(31)8-9-21-26(19,4)11-10-22-27(21,5)13-14-29(7)23-18-25(2,3)12-16-30(23,24(32)33)17-15-28(22,29)6/h19,21-23H,8-18H2,1-7H3,(H,32,33). The van der Waals surface area contributed by atoms with Crippen molar-refractivity contribution in [1.29, 1.82) is 0 Å². The number of carboxylic acids is 1. The minimum atomic E-state index is -0.521. The Bertz CT molecular complexity index is 876. The Morgan fingerprint density at radius 3 is 2.03 bits per heavy atom. The molecule has 5 saturated carbocycles. The van der Waals surface area contributed by atoms with E-state index >= 15 is 0 Å². The molecule has 0 aromatic carbocycles. The SMILES string of the molecule is CC1C(=O)CCC2C1(C)CCC1C2(C)CCC2(C)C3CC(C)(C)CCC3(C(=O)O)CCC12C. The minimum Gasteiger partial charge on any atom is -0.481 e. The quantitative estimate of drug-likeness (QED) is 0.444. The largest absolute Gasteiger partial charge is 0.481 e. The smallest absolute Gasteiger partial charge is 0.309 e. The fourth-order valence-corrected chi connectivity index (χ4v) is 11.2. The fourth-order valence-electron chi connectivity index (χ4n) is 11.2. The third kappa shape index (κ3) is 2.80. The average molecular weight is 457 g/mol. The molecule has 0 aromatic heterocycles. The Morgan fingerprint density at radius 1 is 0.758 bits per heavy atom. The Kier molecular flexibility index (Phi) is 4.97. The van der Waals surface area contributed by atoms with Crippen LogP contribution in [0.15, 0.2) is 0 Å². The van der Waals surface area contributed by atoms with Crippen LogP contribution in [0.2, 0.25) is 0 Å². The van der Waals surface area contributed by atoms with E-state index in [0.29, 0.717) is 17.6 Å². The third-order valence-corrected chi connectivity index (χ3v) is 13.7. The van der Waals surface area contributed by atoms with E-state index in [1.54, 1.807) is 0 Å². The number of fused-ring (bicyclic) bond motifs is 7. The van der Waals surface area contributed by atoms with Gasteiger partial charge in [0.05, 0.1) is 5.41 Å². The molecule has 33 heavy (non-hydrogen) atoms. The highest BCUT2D eigenvalue weighted by Crippen LogP contribution is 2.78. The van der Waals surface area contributed by atoms with E-state index in [1.165, 1.54) is 12.8 Å². The summed E-state index contributed by atoms with van der Waals surface area (Å²) >= 11 is 0. The van der Waals surface area contributed by atoms with Crippen LogP contribution < -0.4 is 0 Å². The average Bonchev–Trinajstić information content (AvgIpc) is 2.73. The molecule has 9 unspecified atom stereocenters. The van der Waals surface area contributed by atoms with Crippen molar-refractivity contribution >= 4 is 11.8 Å². The van der Waals surface area contributed by atoms with E-state index in [2.05, 4.69) is 48.5 Å². The molecule has 0 heterocycles. The fraction of sp³-hybridized carbons (Fsp3) is 0.933. The van der Waals surface area contributed by atoms with Crippen molar-refractivity contribution in [3.8, 4) is 0 Å². The number of carbonyl (C=O) groups is 2. The number of Topliss-reactive ketones (excluding diaryl/α,β-unsaturated/α-hetero) is 1. The lowest BCUT2D eigenvalue weighted by Crippen LogP contribution is -2.68. The molecule has 0 aliphatic heterocycles. The first kappa shape index (κ1) is 23.9. The highest BCUT2D eigenvalue weighted by molar-refractivity contribution is 5.82. The van der Waals surface area contributed by atoms with Crippen molar-refractivity contribution in [2.75, 3.05) is 0 Å². The van der Waals surface area contributed by atoms with Gasteiger partial charge < -0.3 is 5.11 Å². The van der Waals surface area contributed by atoms with Gasteiger partial charge in [-0.25, -0.2) is 0 Å². The van der Waals surface area contributed by atoms with Gasteiger partial charge in [0, 0.05) is 12.3 Å². The van der Waals surface area contributed by atoms with Gasteiger partial charge in [-0.15, -0.1) is 0 Å². The highest BCUT2D eigenvalue weighted by atomic mass is 16.4. The summed E-state index contributed by atoms with van der Waals surface area (Å²) in [5.41, 5.74) is 0.376. The van der Waals surface area contributed by atoms with Gasteiger partial charge in [-0.05, 0) is 109 Å². The maximum absolute atomic E-state index is 12.9. The summed E-state index contributed by atoms with van der Waals surface area (Å²) in [6.45, 7) is 17.0. The maximum Gasteiger partial charge on any atom is 0.309 e. The predicted molar refractivity (Wildman–Crippen MR) is 132 cm³/mol. The number of aliphatic carboxylic acids is 1. The second-order valence-corrected chi connectivity index (χ2v) is 15.1. The van der Waals surface area contributed by atoms with E-state index in [9.17, 15) is 14.7 Å². The summed E-state index contributed by atoms with van der Waals surface area (Å²) in [5.74, 6) is 1.67. The second kappa shape index (κ2) is 6.88. The molecule has 5 aliphatic carbocycles. The van der Waals surface area contributed by atoms with Gasteiger partial charge in [0.15, 0.2) is 0 Å². The van der Waals surface area contributed by atoms with Crippen LogP contribution in [0.25, 0.3) is 0 Å². The van der Waals surface area contributed by atoms with Crippen LogP contribution >= 0.6 is 0 Å². The molecule has 3 heteroatoms. The van der Waals surface area contributed by atoms with Gasteiger partial charge in [-0.2, -0.15) is 0 Å². The van der Waals surface area contributed by atoms with Gasteiger partial charge in [0.2, 0.25) is 0 Å². The Balaban J connectivity index is 1.57. The van der Waals surface area contributed by atoms with Crippen molar-refractivity contribution in [2.45, 2.75) is 119 Å². The van der Waals surface area contributed by atoms with Crippen molar-refractivity contribution in [3.63, 3.8) is 0 Å². The molecule has 0 aromatic rings. The lowest BCUT2D eigenvalue weighted by atomic mass is 9.30. The van der Waals surface area contributed by atoms with E-state index < -0.39 is 11.4 Å². The van der Waals surface area contributed by atoms with Crippen LogP contribution in [0.3, 0.4) is 0 Å². The lowest BCUT2D eigenvalue weighted by Gasteiger charge is -2.74. The van der Waals surface area contributed by atoms with E-state index in [4.69, 9.17) is 0 Å². The Morgan fingerprint density at radius 2 is 1.36 bits per heavy atom. The third-order valence-electron chi connectivity index (χ3n) is 13.7. The molecule has 0 saturated heterocycles. The van der Waals surface area contributed by atoms with E-state index in [0.717, 1.165) is 57.8 Å². The van der Waals surface area contributed by atoms with Gasteiger partial charge in [-0.3, -0.25) is 9.59 Å². The number of rotatable bonds is 1. The zero-order valence-corrected chi connectivity index (χ0v) is 22.4. The molecule has 186 valence electrons. The Hall–Kier alpha value is -0.860. The molecular weight excluding hydrogens is 408 g/mol. The molecular formula is C30H48O3. The number of ketones is 1. The van der Waals surface area contributed by atoms with Gasteiger partial charge in [-0.1, -0.05) is 48.5 Å². The van der Waals surface area contributed by atoms with Gasteiger partial charge in [0.1, 0.15) is 5.78 Å². The van der Waals surface area contributed by atoms with Crippen LogP contribution in [0, 0.1) is 56.2 Å². The predicted octanol–water partition coefficient (Wildman–Crippen LogP) is 7.52. The van der Waals surface area contributed by atoms with Crippen LogP contribution in [-0.2, 0) is 9.59 Å². The molecule has 0 bridgehead atoms. The summed E-state index contributed by atoms with van der Waals surface area (Å²) in [5, 5.41) is 10.6. The highest BCUT2D eigenvalue weighted by Gasteiger charge is 2.72. The maximum atomic E-state index is 12.9. The summed E-state index contributed by atoms with van der Waals surface area (Å²) < 4.78 is 0. The molecule has 1 N–H and O–H groups in total. The van der Waals surface area contributed by atoms with Gasteiger partial charge >= 0.3 is 5.97 Å². The Labute approximate surface area is 201 Å². The van der Waals surface area contributed by atoms with Gasteiger partial charge in [0.25, 0.3) is 0 Å². The summed E-state index contributed by atoms with van der Waals surface area (Å²) in [6.07, 6.45) is 11.4. The van der Waals surface area contributed by atoms with E-state index in [1.807, 2.05) is 0 Å². The lowest BCUT2D eigenvalue weighted by molar-refractivity contribution is -0.259. The molecule has 0 radical (unpaired) electrons. The molecule has 5 fully saturated rings. The number of carboxylic acid groups (broad SMARTS) is 1. The molecule has 3 nitrogen and oxygen atoms in total. The number of carbonyl (C=O) groups excluding carboxylic acids is 1. The van der Waals surface area contributed by atoms with Crippen molar-refractivity contribution < 1.29 is 14.7 Å². The topological polar surface area (TPSA) is 54.4 Å². The molecule has 5 aliphatic rings. The first-order valence-corrected chi connectivity index (χ1v) is 13.9. The zero-order chi connectivity index (χ0) is 24.2. The van der Waals surface area contributed by atoms with Crippen LogP contribution in [0.1, 0.15) is 119 Å². The first-order chi connectivity index (χ1) is 15.2. The summed E-state index contributed by atoms with van der Waals surface area (Å²) in [6, 6.07) is 0. The molecule has 9 atom stereocenters. The summed E-state index contributed by atoms with van der Waals surface area (Å²) in [4.78, 5) is 25.6. The molecule has 5 rings (SSSR count). The van der Waals surface area contributed by atoms with E-state index in [-0.39, 0.29) is 38.9 Å². The molecule has 0 spiro atoms.